The van der Waals surface area contributed by atoms with E-state index >= 15 is 4.39 Å². The molecule has 9 nitrogen and oxygen atoms in total. The van der Waals surface area contributed by atoms with Crippen molar-refractivity contribution in [3.63, 3.8) is 0 Å². The fourth-order valence-electron chi connectivity index (χ4n) is 4.85. The van der Waals surface area contributed by atoms with Crippen LogP contribution in [0.15, 0.2) is 85.3 Å². The fourth-order valence-corrected chi connectivity index (χ4v) is 4.85. The Balaban J connectivity index is 1.47. The number of nitrogens with two attached hydrogens (primary N) is 1. The first-order valence-electron chi connectivity index (χ1n) is 13.3. The van der Waals surface area contributed by atoms with Crippen LogP contribution in [0.3, 0.4) is 0 Å². The van der Waals surface area contributed by atoms with Crippen LogP contribution in [0, 0.1) is 19.7 Å². The first-order chi connectivity index (χ1) is 20.4. The molecule has 0 fully saturated rings. The van der Waals surface area contributed by atoms with Crippen LogP contribution in [0.2, 0.25) is 0 Å². The smallest absolute Gasteiger partial charge is 0.322 e. The molecular formula is C32H28FN7O2. The standard InChI is InChI=1S/C32H28FN7O2/c1-19-14-15-35-32(39-19)42-27-13-10-24(16-26(27)33)40-29(22-6-8-23(34)9-7-22)20(2)28-30(40)31(38-18-37-28)36-17-21-4-11-25(41-3)12-5-21/h4-16,18H,17,34H2,1-3H3,(H,36,37,38). The number of anilines is 2. The summed E-state index contributed by atoms with van der Waals surface area (Å²) in [6, 6.07) is 21.9. The number of rotatable bonds is 8. The number of nitrogens with one attached hydrogen (secondary N) is 1. The van der Waals surface area contributed by atoms with E-state index in [1.165, 1.54) is 12.4 Å². The van der Waals surface area contributed by atoms with Gasteiger partial charge in [-0.3, -0.25) is 0 Å². The van der Waals surface area contributed by atoms with Crippen LogP contribution in [0.4, 0.5) is 15.9 Å². The van der Waals surface area contributed by atoms with Crippen LogP contribution in [0.25, 0.3) is 28.0 Å². The molecule has 0 saturated carbocycles. The zero-order valence-electron chi connectivity index (χ0n) is 23.3. The molecule has 6 rings (SSSR count). The van der Waals surface area contributed by atoms with Gasteiger partial charge in [-0.05, 0) is 67.4 Å². The molecule has 6 aromatic rings. The molecule has 10 heteroatoms. The number of nitrogen functional groups attached to an aromatic ring is 1. The molecule has 0 radical (unpaired) electrons. The number of aryl methyl sites for hydroxylation is 2. The van der Waals surface area contributed by atoms with Crippen LogP contribution < -0.4 is 20.5 Å². The Labute approximate surface area is 241 Å². The molecule has 210 valence electrons. The van der Waals surface area contributed by atoms with Gasteiger partial charge in [0.2, 0.25) is 0 Å². The molecule has 0 aliphatic rings. The predicted octanol–water partition coefficient (Wildman–Crippen LogP) is 6.63. The van der Waals surface area contributed by atoms with E-state index in [4.69, 9.17) is 15.2 Å². The summed E-state index contributed by atoms with van der Waals surface area (Å²) in [4.78, 5) is 17.5. The molecule has 3 N–H and O–H groups in total. The summed E-state index contributed by atoms with van der Waals surface area (Å²) in [5.41, 5.74) is 13.1. The fraction of sp³-hybridized carbons (Fsp3) is 0.125. The molecule has 0 aliphatic heterocycles. The van der Waals surface area contributed by atoms with E-state index in [1.54, 1.807) is 31.5 Å². The van der Waals surface area contributed by atoms with Gasteiger partial charge in [0.1, 0.15) is 17.6 Å². The Morgan fingerprint density at radius 2 is 1.71 bits per heavy atom. The van der Waals surface area contributed by atoms with Gasteiger partial charge in [-0.2, -0.15) is 0 Å². The maximum atomic E-state index is 15.6. The van der Waals surface area contributed by atoms with Gasteiger partial charge in [-0.1, -0.05) is 24.3 Å². The number of fused-ring (bicyclic) bond motifs is 1. The highest BCUT2D eigenvalue weighted by molar-refractivity contribution is 5.96. The van der Waals surface area contributed by atoms with Crippen LogP contribution in [0.1, 0.15) is 16.8 Å². The third-order valence-corrected chi connectivity index (χ3v) is 6.93. The average molecular weight is 562 g/mol. The van der Waals surface area contributed by atoms with Gasteiger partial charge in [0, 0.05) is 41.4 Å². The van der Waals surface area contributed by atoms with Crippen molar-refractivity contribution in [2.45, 2.75) is 20.4 Å². The van der Waals surface area contributed by atoms with Gasteiger partial charge in [0.05, 0.1) is 18.3 Å². The number of aromatic nitrogens is 5. The predicted molar refractivity (Wildman–Crippen MR) is 161 cm³/mol. The average Bonchev–Trinajstić information content (AvgIpc) is 3.30. The first-order valence-corrected chi connectivity index (χ1v) is 13.3. The van der Waals surface area contributed by atoms with Gasteiger partial charge in [0.15, 0.2) is 17.4 Å². The number of nitrogens with zero attached hydrogens (tertiary/aromatic N) is 5. The molecule has 0 saturated heterocycles. The minimum atomic E-state index is -0.565. The zero-order chi connectivity index (χ0) is 29.2. The zero-order valence-corrected chi connectivity index (χ0v) is 23.3. The quantitative estimate of drug-likeness (QED) is 0.199. The Kier molecular flexibility index (Phi) is 7.10. The Morgan fingerprint density at radius 1 is 0.929 bits per heavy atom. The summed E-state index contributed by atoms with van der Waals surface area (Å²) in [5.74, 6) is 0.837. The topological polar surface area (TPSA) is 113 Å². The number of benzene rings is 3. The molecule has 0 amide bonds. The Hall–Kier alpha value is -5.51. The van der Waals surface area contributed by atoms with Crippen LogP contribution in [0.5, 0.6) is 17.5 Å². The minimum absolute atomic E-state index is 0.0145. The largest absolute Gasteiger partial charge is 0.497 e. The maximum Gasteiger partial charge on any atom is 0.322 e. The van der Waals surface area contributed by atoms with E-state index in [0.29, 0.717) is 34.9 Å². The van der Waals surface area contributed by atoms with Crippen LogP contribution >= 0.6 is 0 Å². The number of halogens is 1. The van der Waals surface area contributed by atoms with Crippen molar-refractivity contribution in [3.05, 3.63) is 108 Å². The number of methoxy groups -OCH3 is 1. The molecule has 42 heavy (non-hydrogen) atoms. The van der Waals surface area contributed by atoms with Gasteiger partial charge in [-0.15, -0.1) is 0 Å². The van der Waals surface area contributed by atoms with Crippen molar-refractivity contribution in [1.29, 1.82) is 0 Å². The van der Waals surface area contributed by atoms with Crippen molar-refractivity contribution in [2.75, 3.05) is 18.2 Å². The highest BCUT2D eigenvalue weighted by Gasteiger charge is 2.22. The summed E-state index contributed by atoms with van der Waals surface area (Å²) >= 11 is 0. The van der Waals surface area contributed by atoms with Gasteiger partial charge < -0.3 is 25.1 Å². The Morgan fingerprint density at radius 3 is 2.43 bits per heavy atom. The highest BCUT2D eigenvalue weighted by Crippen LogP contribution is 2.39. The van der Waals surface area contributed by atoms with Crippen molar-refractivity contribution in [2.24, 2.45) is 0 Å². The molecule has 0 bridgehead atoms. The summed E-state index contributed by atoms with van der Waals surface area (Å²) in [7, 11) is 1.64. The van der Waals surface area contributed by atoms with Crippen molar-refractivity contribution >= 4 is 22.5 Å². The number of hydrogen-bond donors (Lipinski definition) is 2. The lowest BCUT2D eigenvalue weighted by Crippen LogP contribution is -2.06. The lowest BCUT2D eigenvalue weighted by Gasteiger charge is -2.15. The summed E-state index contributed by atoms with van der Waals surface area (Å²) in [5, 5.41) is 3.45. The summed E-state index contributed by atoms with van der Waals surface area (Å²) < 4.78 is 28.5. The third-order valence-electron chi connectivity index (χ3n) is 6.93. The van der Waals surface area contributed by atoms with E-state index in [9.17, 15) is 0 Å². The van der Waals surface area contributed by atoms with Crippen molar-refractivity contribution < 1.29 is 13.9 Å². The third kappa shape index (κ3) is 5.17. The lowest BCUT2D eigenvalue weighted by molar-refractivity contribution is 0.410. The van der Waals surface area contributed by atoms with E-state index in [1.807, 2.05) is 66.9 Å². The monoisotopic (exact) mass is 561 g/mol. The van der Waals surface area contributed by atoms with E-state index in [2.05, 4.69) is 25.3 Å². The van der Waals surface area contributed by atoms with Crippen LogP contribution in [-0.4, -0.2) is 31.6 Å². The van der Waals surface area contributed by atoms with Gasteiger partial charge >= 0.3 is 6.01 Å². The minimum Gasteiger partial charge on any atom is -0.497 e. The van der Waals surface area contributed by atoms with Crippen molar-refractivity contribution in [1.82, 2.24) is 24.5 Å². The highest BCUT2D eigenvalue weighted by atomic mass is 19.1. The van der Waals surface area contributed by atoms with E-state index in [0.717, 1.165) is 33.7 Å². The Bertz CT molecular complexity index is 1890. The molecule has 3 aromatic carbocycles. The SMILES string of the molecule is COc1ccc(CNc2ncnc3c(C)c(-c4ccc(N)cc4)n(-c4ccc(Oc5nccc(C)n5)c(F)c4)c23)cc1. The van der Waals surface area contributed by atoms with Gasteiger partial charge in [0.25, 0.3) is 0 Å². The molecule has 3 heterocycles. The second-order valence-corrected chi connectivity index (χ2v) is 9.75. The second-order valence-electron chi connectivity index (χ2n) is 9.75. The summed E-state index contributed by atoms with van der Waals surface area (Å²) in [6.45, 7) is 4.32. The van der Waals surface area contributed by atoms with E-state index < -0.39 is 5.82 Å². The maximum absolute atomic E-state index is 15.6. The normalized spacial score (nSPS) is 11.0. The molecular weight excluding hydrogens is 533 g/mol. The van der Waals surface area contributed by atoms with Crippen LogP contribution in [-0.2, 0) is 6.54 Å². The number of hydrogen-bond acceptors (Lipinski definition) is 8. The van der Waals surface area contributed by atoms with Crippen molar-refractivity contribution in [3.8, 4) is 34.5 Å². The molecule has 0 spiro atoms. The molecule has 0 unspecified atom stereocenters. The molecule has 0 atom stereocenters. The molecule has 3 aromatic heterocycles. The van der Waals surface area contributed by atoms with E-state index in [-0.39, 0.29) is 11.8 Å². The lowest BCUT2D eigenvalue weighted by atomic mass is 10.1. The number of ether oxygens (including phenoxy) is 2. The summed E-state index contributed by atoms with van der Waals surface area (Å²) in [6.07, 6.45) is 3.10. The molecule has 0 aliphatic carbocycles. The van der Waals surface area contributed by atoms with Gasteiger partial charge in [-0.25, -0.2) is 24.3 Å². The second kappa shape index (κ2) is 11.2. The first kappa shape index (κ1) is 26.7.